The molecule has 120 valence electrons. The van der Waals surface area contributed by atoms with Crippen molar-refractivity contribution in [1.82, 2.24) is 9.65 Å². The molecule has 0 spiro atoms. The van der Waals surface area contributed by atoms with E-state index < -0.39 is 17.6 Å². The Morgan fingerprint density at radius 2 is 2.00 bits per heavy atom. The van der Waals surface area contributed by atoms with Gasteiger partial charge in [0.1, 0.15) is 5.82 Å². The average Bonchev–Trinajstić information content (AvgIpc) is 2.77. The summed E-state index contributed by atoms with van der Waals surface area (Å²) in [5.74, 6) is -0.958. The SMILES string of the molecule is CCN(P)Cc1sc(N)nc1-c1cc(F)cc(C(F)(F)F)c1. The molecule has 9 heteroatoms. The van der Waals surface area contributed by atoms with Gasteiger partial charge in [0.15, 0.2) is 5.13 Å². The first-order valence-electron chi connectivity index (χ1n) is 6.33. The smallest absolute Gasteiger partial charge is 0.375 e. The second-order valence-electron chi connectivity index (χ2n) is 4.61. The van der Waals surface area contributed by atoms with Gasteiger partial charge in [-0.05, 0) is 24.7 Å². The summed E-state index contributed by atoms with van der Waals surface area (Å²) in [6.07, 6.45) is -4.62. The van der Waals surface area contributed by atoms with E-state index in [2.05, 4.69) is 14.4 Å². The number of anilines is 1. The van der Waals surface area contributed by atoms with E-state index in [9.17, 15) is 17.6 Å². The zero-order valence-corrected chi connectivity index (χ0v) is 13.6. The molecule has 0 aliphatic rings. The zero-order valence-electron chi connectivity index (χ0n) is 11.6. The molecule has 0 fully saturated rings. The molecule has 0 saturated carbocycles. The molecule has 3 nitrogen and oxygen atoms in total. The molecular formula is C13H14F4N3PS. The first-order valence-corrected chi connectivity index (χ1v) is 7.67. The third-order valence-corrected chi connectivity index (χ3v) is 4.38. The van der Waals surface area contributed by atoms with E-state index in [1.165, 1.54) is 11.3 Å². The second-order valence-corrected chi connectivity index (χ2v) is 6.46. The van der Waals surface area contributed by atoms with Crippen LogP contribution in [0.3, 0.4) is 0 Å². The van der Waals surface area contributed by atoms with Gasteiger partial charge >= 0.3 is 6.18 Å². The first-order chi connectivity index (χ1) is 10.2. The number of nitrogens with zero attached hydrogens (tertiary/aromatic N) is 2. The van der Waals surface area contributed by atoms with Crippen LogP contribution in [-0.2, 0) is 12.7 Å². The Kier molecular flexibility index (Phi) is 5.04. The number of aromatic nitrogens is 1. The van der Waals surface area contributed by atoms with Crippen LogP contribution < -0.4 is 5.73 Å². The number of nitrogens with two attached hydrogens (primary N) is 1. The molecule has 1 unspecified atom stereocenters. The van der Waals surface area contributed by atoms with E-state index in [4.69, 9.17) is 5.73 Å². The second kappa shape index (κ2) is 6.48. The molecular weight excluding hydrogens is 337 g/mol. The van der Waals surface area contributed by atoms with Gasteiger partial charge in [-0.15, -0.1) is 11.3 Å². The van der Waals surface area contributed by atoms with Gasteiger partial charge in [-0.3, -0.25) is 4.67 Å². The minimum atomic E-state index is -4.62. The van der Waals surface area contributed by atoms with E-state index in [0.717, 1.165) is 18.7 Å². The molecule has 1 aromatic heterocycles. The molecule has 2 rings (SSSR count). The van der Waals surface area contributed by atoms with Crippen LogP contribution in [0.5, 0.6) is 0 Å². The lowest BCUT2D eigenvalue weighted by Crippen LogP contribution is -2.09. The normalized spacial score (nSPS) is 12.1. The number of hydrogen-bond acceptors (Lipinski definition) is 4. The Hall–Kier alpha value is -1.24. The quantitative estimate of drug-likeness (QED) is 0.664. The van der Waals surface area contributed by atoms with E-state index in [-0.39, 0.29) is 16.4 Å². The Labute approximate surface area is 131 Å². The topological polar surface area (TPSA) is 42.1 Å². The van der Waals surface area contributed by atoms with Crippen LogP contribution in [0.4, 0.5) is 22.7 Å². The molecule has 0 aliphatic heterocycles. The number of benzene rings is 1. The summed E-state index contributed by atoms with van der Waals surface area (Å²) < 4.78 is 53.9. The van der Waals surface area contributed by atoms with E-state index in [1.54, 1.807) is 0 Å². The van der Waals surface area contributed by atoms with Crippen molar-refractivity contribution < 1.29 is 17.6 Å². The van der Waals surface area contributed by atoms with Gasteiger partial charge in [-0.2, -0.15) is 13.2 Å². The lowest BCUT2D eigenvalue weighted by atomic mass is 10.1. The van der Waals surface area contributed by atoms with Gasteiger partial charge in [0.25, 0.3) is 0 Å². The van der Waals surface area contributed by atoms with Crippen molar-refractivity contribution >= 4 is 25.9 Å². The summed E-state index contributed by atoms with van der Waals surface area (Å²) in [5, 5.41) is 0.234. The maximum Gasteiger partial charge on any atom is 0.416 e. The van der Waals surface area contributed by atoms with Crippen molar-refractivity contribution in [3.8, 4) is 11.3 Å². The molecule has 2 N–H and O–H groups in total. The van der Waals surface area contributed by atoms with Gasteiger partial charge in [-0.1, -0.05) is 16.3 Å². The van der Waals surface area contributed by atoms with Crippen LogP contribution in [0, 0.1) is 5.82 Å². The summed E-state index contributed by atoms with van der Waals surface area (Å²) in [4.78, 5) is 4.75. The molecule has 2 aromatic rings. The molecule has 1 heterocycles. The number of alkyl halides is 3. The van der Waals surface area contributed by atoms with E-state index in [0.29, 0.717) is 17.5 Å². The highest BCUT2D eigenvalue weighted by molar-refractivity contribution is 7.16. The summed E-state index contributed by atoms with van der Waals surface area (Å²) in [5.41, 5.74) is 4.98. The first kappa shape index (κ1) is 17.1. The third kappa shape index (κ3) is 3.94. The van der Waals surface area contributed by atoms with Crippen LogP contribution in [0.2, 0.25) is 0 Å². The molecule has 1 atom stereocenters. The van der Waals surface area contributed by atoms with Crippen molar-refractivity contribution in [1.29, 1.82) is 0 Å². The Morgan fingerprint density at radius 3 is 2.59 bits per heavy atom. The van der Waals surface area contributed by atoms with Gasteiger partial charge in [-0.25, -0.2) is 9.37 Å². The molecule has 0 saturated heterocycles. The predicted octanol–water partition coefficient (Wildman–Crippen LogP) is 4.16. The summed E-state index contributed by atoms with van der Waals surface area (Å²) in [7, 11) is 2.51. The largest absolute Gasteiger partial charge is 0.416 e. The number of halogens is 4. The van der Waals surface area contributed by atoms with Crippen molar-refractivity contribution in [3.05, 3.63) is 34.5 Å². The molecule has 1 aromatic carbocycles. The van der Waals surface area contributed by atoms with Crippen molar-refractivity contribution in [2.24, 2.45) is 0 Å². The highest BCUT2D eigenvalue weighted by atomic mass is 32.1. The lowest BCUT2D eigenvalue weighted by Gasteiger charge is -2.13. The van der Waals surface area contributed by atoms with Crippen molar-refractivity contribution in [2.45, 2.75) is 19.6 Å². The molecule has 0 bridgehead atoms. The fourth-order valence-electron chi connectivity index (χ4n) is 1.89. The fraction of sp³-hybridized carbons (Fsp3) is 0.308. The van der Waals surface area contributed by atoms with Crippen LogP contribution in [0.15, 0.2) is 18.2 Å². The molecule has 0 radical (unpaired) electrons. The Bertz CT molecular complexity index is 672. The van der Waals surface area contributed by atoms with E-state index in [1.807, 2.05) is 11.6 Å². The van der Waals surface area contributed by atoms with Gasteiger partial charge in [0.05, 0.1) is 11.3 Å². The zero-order chi connectivity index (χ0) is 16.5. The monoisotopic (exact) mass is 351 g/mol. The van der Waals surface area contributed by atoms with E-state index >= 15 is 0 Å². The number of rotatable bonds is 4. The number of thiazole rings is 1. The molecule has 22 heavy (non-hydrogen) atoms. The predicted molar refractivity (Wildman–Crippen MR) is 82.7 cm³/mol. The number of nitrogen functional groups attached to an aromatic ring is 1. The fourth-order valence-corrected chi connectivity index (χ4v) is 3.08. The average molecular weight is 351 g/mol. The standard InChI is InChI=1S/C13H14F4N3PS/c1-2-20(21)6-10-11(19-12(18)22-10)7-3-8(13(15,16)17)5-9(14)4-7/h3-5H,2,6,21H2,1H3,(H2,18,19). The van der Waals surface area contributed by atoms with Crippen molar-refractivity contribution in [2.75, 3.05) is 12.3 Å². The summed E-state index contributed by atoms with van der Waals surface area (Å²) >= 11 is 1.18. The Morgan fingerprint density at radius 1 is 1.32 bits per heavy atom. The number of hydrogen-bond donors (Lipinski definition) is 1. The van der Waals surface area contributed by atoms with Crippen LogP contribution in [0.1, 0.15) is 17.4 Å². The highest BCUT2D eigenvalue weighted by Crippen LogP contribution is 2.36. The summed E-state index contributed by atoms with van der Waals surface area (Å²) in [6, 6.07) is 2.39. The van der Waals surface area contributed by atoms with Crippen LogP contribution in [0.25, 0.3) is 11.3 Å². The minimum Gasteiger partial charge on any atom is -0.375 e. The molecule has 0 aliphatic carbocycles. The lowest BCUT2D eigenvalue weighted by molar-refractivity contribution is -0.137. The summed E-state index contributed by atoms with van der Waals surface area (Å²) in [6.45, 7) is 3.10. The van der Waals surface area contributed by atoms with Crippen LogP contribution >= 0.6 is 20.7 Å². The molecule has 0 amide bonds. The van der Waals surface area contributed by atoms with Gasteiger partial charge < -0.3 is 5.73 Å². The maximum atomic E-state index is 13.5. The maximum absolute atomic E-state index is 13.5. The Balaban J connectivity index is 2.50. The minimum absolute atomic E-state index is 0.0739. The van der Waals surface area contributed by atoms with Crippen LogP contribution in [-0.4, -0.2) is 16.2 Å². The van der Waals surface area contributed by atoms with Crippen molar-refractivity contribution in [3.63, 3.8) is 0 Å². The highest BCUT2D eigenvalue weighted by Gasteiger charge is 2.32. The van der Waals surface area contributed by atoms with Gasteiger partial charge in [0.2, 0.25) is 0 Å². The van der Waals surface area contributed by atoms with Gasteiger partial charge in [0, 0.05) is 17.0 Å². The third-order valence-electron chi connectivity index (χ3n) is 2.97.